The maximum Gasteiger partial charge on any atom is 0.134 e. The summed E-state index contributed by atoms with van der Waals surface area (Å²) < 4.78 is 7.65. The van der Waals surface area contributed by atoms with Gasteiger partial charge in [-0.25, -0.2) is 4.98 Å². The first kappa shape index (κ1) is 12.4. The lowest BCUT2D eigenvalue weighted by Gasteiger charge is -2.10. The molecule has 19 heavy (non-hydrogen) atoms. The van der Waals surface area contributed by atoms with Gasteiger partial charge in [0.2, 0.25) is 0 Å². The zero-order valence-corrected chi connectivity index (χ0v) is 11.7. The van der Waals surface area contributed by atoms with Crippen LogP contribution < -0.4 is 10.5 Å². The van der Waals surface area contributed by atoms with Crippen LogP contribution in [0.3, 0.4) is 0 Å². The highest BCUT2D eigenvalue weighted by atomic mass is 32.2. The van der Waals surface area contributed by atoms with Crippen molar-refractivity contribution < 1.29 is 4.74 Å². The second-order valence-electron chi connectivity index (χ2n) is 4.72. The molecule has 0 unspecified atom stereocenters. The number of rotatable bonds is 5. The second-order valence-corrected chi connectivity index (χ2v) is 5.74. The van der Waals surface area contributed by atoms with Gasteiger partial charge < -0.3 is 15.0 Å². The molecule has 0 amide bonds. The highest BCUT2D eigenvalue weighted by Gasteiger charge is 2.25. The van der Waals surface area contributed by atoms with Crippen LogP contribution in [0.4, 0.5) is 5.69 Å². The monoisotopic (exact) mass is 275 g/mol. The molecule has 0 atom stereocenters. The quantitative estimate of drug-likeness (QED) is 0.673. The fraction of sp³-hybridized carbons (Fsp3) is 0.357. The standard InChI is InChI=1S/C14H17N3OS/c1-18-13-6-10(15)2-5-14(13)19-8-12-7-16-9-17(12)11-3-4-11/h2,5-7,9,11H,3-4,8,15H2,1H3. The first-order valence-corrected chi connectivity index (χ1v) is 7.33. The van der Waals surface area contributed by atoms with Crippen LogP contribution in [0, 0.1) is 0 Å². The van der Waals surface area contributed by atoms with Crippen molar-refractivity contribution in [1.29, 1.82) is 0 Å². The lowest BCUT2D eigenvalue weighted by molar-refractivity contribution is 0.405. The van der Waals surface area contributed by atoms with E-state index in [1.54, 1.807) is 18.9 Å². The molecule has 2 aromatic rings. The van der Waals surface area contributed by atoms with Gasteiger partial charge in [-0.1, -0.05) is 0 Å². The average molecular weight is 275 g/mol. The van der Waals surface area contributed by atoms with E-state index < -0.39 is 0 Å². The number of hydrogen-bond donors (Lipinski definition) is 1. The van der Waals surface area contributed by atoms with E-state index >= 15 is 0 Å². The molecular weight excluding hydrogens is 258 g/mol. The Labute approximate surface area is 117 Å². The van der Waals surface area contributed by atoms with Crippen LogP contribution in [0.25, 0.3) is 0 Å². The Morgan fingerprint density at radius 3 is 3.05 bits per heavy atom. The molecular formula is C14H17N3OS. The molecule has 1 aromatic carbocycles. The van der Waals surface area contributed by atoms with Gasteiger partial charge >= 0.3 is 0 Å². The van der Waals surface area contributed by atoms with Gasteiger partial charge in [0.25, 0.3) is 0 Å². The molecule has 2 N–H and O–H groups in total. The second kappa shape index (κ2) is 5.17. The van der Waals surface area contributed by atoms with E-state index in [9.17, 15) is 0 Å². The van der Waals surface area contributed by atoms with Crippen LogP contribution >= 0.6 is 11.8 Å². The van der Waals surface area contributed by atoms with Gasteiger partial charge in [0.1, 0.15) is 5.75 Å². The van der Waals surface area contributed by atoms with E-state index in [0.717, 1.165) is 22.1 Å². The van der Waals surface area contributed by atoms with Gasteiger partial charge in [-0.3, -0.25) is 0 Å². The minimum absolute atomic E-state index is 0.673. The molecule has 5 heteroatoms. The summed E-state index contributed by atoms with van der Waals surface area (Å²) in [6, 6.07) is 6.45. The normalized spacial score (nSPS) is 14.6. The number of ether oxygens (including phenoxy) is 1. The molecule has 1 aliphatic rings. The number of hydrogen-bond acceptors (Lipinski definition) is 4. The predicted molar refractivity (Wildman–Crippen MR) is 77.5 cm³/mol. The van der Waals surface area contributed by atoms with Crippen LogP contribution in [0.2, 0.25) is 0 Å². The number of nitrogens with zero attached hydrogens (tertiary/aromatic N) is 2. The summed E-state index contributed by atoms with van der Waals surface area (Å²) >= 11 is 1.76. The molecule has 100 valence electrons. The minimum atomic E-state index is 0.673. The topological polar surface area (TPSA) is 53.1 Å². The predicted octanol–water partition coefficient (Wildman–Crippen LogP) is 3.10. The van der Waals surface area contributed by atoms with Crippen molar-refractivity contribution in [3.8, 4) is 5.75 Å². The Morgan fingerprint density at radius 2 is 2.32 bits per heavy atom. The van der Waals surface area contributed by atoms with Crippen molar-refractivity contribution >= 4 is 17.4 Å². The number of methoxy groups -OCH3 is 1. The summed E-state index contributed by atoms with van der Waals surface area (Å²) in [4.78, 5) is 5.36. The largest absolute Gasteiger partial charge is 0.496 e. The number of thioether (sulfide) groups is 1. The number of benzene rings is 1. The van der Waals surface area contributed by atoms with Gasteiger partial charge in [0.15, 0.2) is 0 Å². The summed E-state index contributed by atoms with van der Waals surface area (Å²) in [7, 11) is 1.67. The van der Waals surface area contributed by atoms with Crippen LogP contribution in [-0.4, -0.2) is 16.7 Å². The Bertz CT molecular complexity index is 578. The first-order valence-electron chi connectivity index (χ1n) is 6.35. The van der Waals surface area contributed by atoms with Gasteiger partial charge in [-0.15, -0.1) is 11.8 Å². The smallest absolute Gasteiger partial charge is 0.134 e. The van der Waals surface area contributed by atoms with Gasteiger partial charge in [-0.05, 0) is 25.0 Å². The maximum absolute atomic E-state index is 5.76. The zero-order chi connectivity index (χ0) is 13.2. The van der Waals surface area contributed by atoms with Crippen LogP contribution in [0.15, 0.2) is 35.6 Å². The van der Waals surface area contributed by atoms with Crippen LogP contribution in [0.1, 0.15) is 24.6 Å². The van der Waals surface area contributed by atoms with Crippen molar-refractivity contribution in [2.24, 2.45) is 0 Å². The third-order valence-corrected chi connectivity index (χ3v) is 4.34. The van der Waals surface area contributed by atoms with Gasteiger partial charge in [0, 0.05) is 40.3 Å². The number of anilines is 1. The number of aromatic nitrogens is 2. The van der Waals surface area contributed by atoms with E-state index in [2.05, 4.69) is 9.55 Å². The summed E-state index contributed by atoms with van der Waals surface area (Å²) in [6.07, 6.45) is 6.45. The van der Waals surface area contributed by atoms with Crippen molar-refractivity contribution in [2.45, 2.75) is 29.5 Å². The molecule has 0 saturated heterocycles. The Balaban J connectivity index is 1.73. The molecule has 0 radical (unpaired) electrons. The van der Waals surface area contributed by atoms with Gasteiger partial charge in [-0.2, -0.15) is 0 Å². The number of nitrogen functional groups attached to an aromatic ring is 1. The molecule has 0 spiro atoms. The Morgan fingerprint density at radius 1 is 1.47 bits per heavy atom. The zero-order valence-electron chi connectivity index (χ0n) is 10.9. The van der Waals surface area contributed by atoms with E-state index in [0.29, 0.717) is 6.04 Å². The molecule has 1 saturated carbocycles. The number of imidazole rings is 1. The van der Waals surface area contributed by atoms with Crippen molar-refractivity contribution in [3.63, 3.8) is 0 Å². The fourth-order valence-electron chi connectivity index (χ4n) is 2.08. The minimum Gasteiger partial charge on any atom is -0.496 e. The van der Waals surface area contributed by atoms with Crippen LogP contribution in [0.5, 0.6) is 5.75 Å². The molecule has 0 bridgehead atoms. The van der Waals surface area contributed by atoms with E-state index in [1.165, 1.54) is 18.5 Å². The van der Waals surface area contributed by atoms with E-state index in [1.807, 2.05) is 30.7 Å². The summed E-state index contributed by atoms with van der Waals surface area (Å²) in [6.45, 7) is 0. The fourth-order valence-corrected chi connectivity index (χ4v) is 3.06. The Kier molecular flexibility index (Phi) is 3.38. The van der Waals surface area contributed by atoms with Crippen molar-refractivity contribution in [2.75, 3.05) is 12.8 Å². The third kappa shape index (κ3) is 2.71. The van der Waals surface area contributed by atoms with Crippen molar-refractivity contribution in [3.05, 3.63) is 36.4 Å². The van der Waals surface area contributed by atoms with E-state index in [4.69, 9.17) is 10.5 Å². The molecule has 3 rings (SSSR count). The maximum atomic E-state index is 5.76. The average Bonchev–Trinajstić information content (AvgIpc) is 3.16. The lowest BCUT2D eigenvalue weighted by atomic mass is 10.3. The summed E-state index contributed by atoms with van der Waals surface area (Å²) in [5.74, 6) is 1.74. The summed E-state index contributed by atoms with van der Waals surface area (Å²) in [5.41, 5.74) is 7.76. The third-order valence-electron chi connectivity index (χ3n) is 3.25. The van der Waals surface area contributed by atoms with Gasteiger partial charge in [0.05, 0.1) is 13.4 Å². The van der Waals surface area contributed by atoms with Crippen LogP contribution in [-0.2, 0) is 5.75 Å². The first-order chi connectivity index (χ1) is 9.28. The SMILES string of the molecule is COc1cc(N)ccc1SCc1cncn1C1CC1. The van der Waals surface area contributed by atoms with E-state index in [-0.39, 0.29) is 0 Å². The number of nitrogens with two attached hydrogens (primary N) is 1. The molecule has 1 aliphatic carbocycles. The molecule has 1 fully saturated rings. The van der Waals surface area contributed by atoms with Crippen molar-refractivity contribution in [1.82, 2.24) is 9.55 Å². The highest BCUT2D eigenvalue weighted by molar-refractivity contribution is 7.98. The highest BCUT2D eigenvalue weighted by Crippen LogP contribution is 2.38. The Hall–Kier alpha value is -1.62. The lowest BCUT2D eigenvalue weighted by Crippen LogP contribution is -1.97. The molecule has 0 aliphatic heterocycles. The summed E-state index contributed by atoms with van der Waals surface area (Å²) in [5, 5.41) is 0. The molecule has 1 heterocycles. The molecule has 4 nitrogen and oxygen atoms in total. The molecule has 1 aromatic heterocycles.